The van der Waals surface area contributed by atoms with E-state index in [-0.39, 0.29) is 11.3 Å². The number of amides is 1. The maximum absolute atomic E-state index is 12.9. The number of hydrogen-bond acceptors (Lipinski definition) is 5. The average molecular weight is 380 g/mol. The number of nitrogens with zero attached hydrogens (tertiary/aromatic N) is 3. The molecule has 2 atom stereocenters. The molecule has 2 N–H and O–H groups in total. The van der Waals surface area contributed by atoms with Gasteiger partial charge in [-0.3, -0.25) is 4.79 Å². The summed E-state index contributed by atoms with van der Waals surface area (Å²) >= 11 is 0. The lowest BCUT2D eigenvalue weighted by Gasteiger charge is -2.24. The van der Waals surface area contributed by atoms with Crippen molar-refractivity contribution in [2.45, 2.75) is 64.3 Å². The predicted octanol–water partition coefficient (Wildman–Crippen LogP) is 2.77. The second kappa shape index (κ2) is 7.26. The van der Waals surface area contributed by atoms with Gasteiger partial charge in [-0.2, -0.15) is 0 Å². The molecule has 1 aromatic carbocycles. The summed E-state index contributed by atoms with van der Waals surface area (Å²) in [5, 5.41) is 14.1. The predicted molar refractivity (Wildman–Crippen MR) is 106 cm³/mol. The molecule has 1 unspecified atom stereocenters. The van der Waals surface area contributed by atoms with Crippen LogP contribution < -0.4 is 5.32 Å². The summed E-state index contributed by atoms with van der Waals surface area (Å²) in [4.78, 5) is 22.5. The van der Waals surface area contributed by atoms with Gasteiger partial charge in [0.25, 0.3) is 5.91 Å². The van der Waals surface area contributed by atoms with Crippen LogP contribution in [0.1, 0.15) is 73.7 Å². The summed E-state index contributed by atoms with van der Waals surface area (Å²) in [5.41, 5.74) is 5.41. The number of fused-ring (bicyclic) bond motifs is 1. The number of carbonyl (C=O) groups excluding carboxylic acids is 1. The van der Waals surface area contributed by atoms with Crippen LogP contribution in [-0.2, 0) is 23.3 Å². The standard InChI is InChI=1S/C22H28N4O2/c1-22(2,3)15-9-14-11-26(21(28)20(27)19-6-8-23-13-25-19)12-17(14)16(10-15)18-5-4-7-24-18/h6,8-10,13,18,20,24,27H,4-5,7,11-12H2,1-3H3/t18-,20?/m0/s1. The summed E-state index contributed by atoms with van der Waals surface area (Å²) in [6.07, 6.45) is 3.93. The molecule has 0 aliphatic carbocycles. The molecule has 1 saturated heterocycles. The van der Waals surface area contributed by atoms with Crippen molar-refractivity contribution in [1.82, 2.24) is 20.2 Å². The summed E-state index contributed by atoms with van der Waals surface area (Å²) in [6.45, 7) is 8.76. The Morgan fingerprint density at radius 1 is 1.32 bits per heavy atom. The lowest BCUT2D eigenvalue weighted by molar-refractivity contribution is -0.141. The van der Waals surface area contributed by atoms with Crippen LogP contribution in [0.25, 0.3) is 0 Å². The first-order chi connectivity index (χ1) is 13.3. The third kappa shape index (κ3) is 3.54. The SMILES string of the molecule is CC(C)(C)c1cc2c(c([C@@H]3CCCN3)c1)CN(C(=O)C(O)c1ccncn1)C2. The maximum Gasteiger partial charge on any atom is 0.258 e. The normalized spacial score (nSPS) is 20.3. The van der Waals surface area contributed by atoms with Gasteiger partial charge in [0.15, 0.2) is 6.10 Å². The fourth-order valence-electron chi connectivity index (χ4n) is 4.15. The lowest BCUT2D eigenvalue weighted by Crippen LogP contribution is -2.31. The number of aliphatic hydroxyl groups excluding tert-OH is 1. The molecule has 0 spiro atoms. The highest BCUT2D eigenvalue weighted by atomic mass is 16.3. The number of nitrogens with one attached hydrogen (secondary N) is 1. The van der Waals surface area contributed by atoms with Crippen LogP contribution in [0, 0.1) is 0 Å². The number of aliphatic hydroxyl groups is 1. The Bertz CT molecular complexity index is 870. The third-order valence-electron chi connectivity index (χ3n) is 5.82. The highest BCUT2D eigenvalue weighted by Crippen LogP contribution is 2.38. The molecule has 4 rings (SSSR count). The van der Waals surface area contributed by atoms with Crippen molar-refractivity contribution in [2.75, 3.05) is 6.54 Å². The van der Waals surface area contributed by atoms with Gasteiger partial charge in [0, 0.05) is 25.3 Å². The fourth-order valence-corrected chi connectivity index (χ4v) is 4.15. The molecule has 148 valence electrons. The van der Waals surface area contributed by atoms with Gasteiger partial charge in [-0.1, -0.05) is 32.9 Å². The van der Waals surface area contributed by atoms with Crippen molar-refractivity contribution in [3.63, 3.8) is 0 Å². The lowest BCUT2D eigenvalue weighted by atomic mass is 9.82. The van der Waals surface area contributed by atoms with Gasteiger partial charge in [0.1, 0.15) is 6.33 Å². The molecule has 2 aliphatic rings. The number of aromatic nitrogens is 2. The van der Waals surface area contributed by atoms with Crippen LogP contribution in [0.4, 0.5) is 0 Å². The van der Waals surface area contributed by atoms with E-state index in [1.165, 1.54) is 41.2 Å². The van der Waals surface area contributed by atoms with E-state index in [0.29, 0.717) is 24.8 Å². The molecule has 3 heterocycles. The van der Waals surface area contributed by atoms with Gasteiger partial charge in [0.2, 0.25) is 0 Å². The number of carbonyl (C=O) groups is 1. The first-order valence-electron chi connectivity index (χ1n) is 9.97. The zero-order valence-corrected chi connectivity index (χ0v) is 16.8. The molecule has 6 heteroatoms. The van der Waals surface area contributed by atoms with E-state index >= 15 is 0 Å². The van der Waals surface area contributed by atoms with Crippen LogP contribution in [0.3, 0.4) is 0 Å². The monoisotopic (exact) mass is 380 g/mol. The molecule has 1 fully saturated rings. The van der Waals surface area contributed by atoms with E-state index in [9.17, 15) is 9.90 Å². The Morgan fingerprint density at radius 3 is 2.79 bits per heavy atom. The smallest absolute Gasteiger partial charge is 0.258 e. The van der Waals surface area contributed by atoms with Crippen molar-refractivity contribution in [2.24, 2.45) is 0 Å². The molecular weight excluding hydrogens is 352 g/mol. The van der Waals surface area contributed by atoms with Crippen LogP contribution in [0.2, 0.25) is 0 Å². The van der Waals surface area contributed by atoms with Crippen molar-refractivity contribution in [3.05, 3.63) is 58.7 Å². The first-order valence-corrected chi connectivity index (χ1v) is 9.97. The maximum atomic E-state index is 12.9. The molecule has 2 aromatic rings. The fraction of sp³-hybridized carbons (Fsp3) is 0.500. The molecular formula is C22H28N4O2. The minimum Gasteiger partial charge on any atom is -0.377 e. The molecule has 2 aliphatic heterocycles. The summed E-state index contributed by atoms with van der Waals surface area (Å²) in [7, 11) is 0. The minimum absolute atomic E-state index is 0.0420. The minimum atomic E-state index is -1.26. The molecule has 28 heavy (non-hydrogen) atoms. The second-order valence-corrected chi connectivity index (χ2v) is 8.83. The zero-order valence-electron chi connectivity index (χ0n) is 16.8. The molecule has 1 aromatic heterocycles. The van der Waals surface area contributed by atoms with E-state index in [2.05, 4.69) is 48.2 Å². The molecule has 0 radical (unpaired) electrons. The summed E-state index contributed by atoms with van der Waals surface area (Å²) in [6, 6.07) is 6.48. The number of hydrogen-bond donors (Lipinski definition) is 2. The van der Waals surface area contributed by atoms with Crippen molar-refractivity contribution < 1.29 is 9.90 Å². The Kier molecular flexibility index (Phi) is 4.93. The van der Waals surface area contributed by atoms with Crippen LogP contribution in [0.5, 0.6) is 0 Å². The largest absolute Gasteiger partial charge is 0.377 e. The third-order valence-corrected chi connectivity index (χ3v) is 5.82. The molecule has 0 bridgehead atoms. The average Bonchev–Trinajstić information content (AvgIpc) is 3.35. The van der Waals surface area contributed by atoms with Gasteiger partial charge in [-0.05, 0) is 53.1 Å². The van der Waals surface area contributed by atoms with E-state index < -0.39 is 6.10 Å². The summed E-state index contributed by atoms with van der Waals surface area (Å²) < 4.78 is 0. The van der Waals surface area contributed by atoms with E-state index in [4.69, 9.17) is 0 Å². The van der Waals surface area contributed by atoms with Gasteiger partial charge < -0.3 is 15.3 Å². The van der Waals surface area contributed by atoms with Gasteiger partial charge in [0.05, 0.1) is 5.69 Å². The van der Waals surface area contributed by atoms with E-state index in [1.807, 2.05) is 0 Å². The van der Waals surface area contributed by atoms with Crippen molar-refractivity contribution in [1.29, 1.82) is 0 Å². The van der Waals surface area contributed by atoms with Gasteiger partial charge >= 0.3 is 0 Å². The van der Waals surface area contributed by atoms with Crippen LogP contribution >= 0.6 is 0 Å². The van der Waals surface area contributed by atoms with Crippen molar-refractivity contribution in [3.8, 4) is 0 Å². The van der Waals surface area contributed by atoms with Crippen LogP contribution in [0.15, 0.2) is 30.7 Å². The Hall–Kier alpha value is -2.31. The molecule has 1 amide bonds. The highest BCUT2D eigenvalue weighted by Gasteiger charge is 2.34. The van der Waals surface area contributed by atoms with Gasteiger partial charge in [-0.15, -0.1) is 0 Å². The van der Waals surface area contributed by atoms with Gasteiger partial charge in [-0.25, -0.2) is 9.97 Å². The number of benzene rings is 1. The van der Waals surface area contributed by atoms with Crippen LogP contribution in [-0.4, -0.2) is 32.4 Å². The first kappa shape index (κ1) is 19.0. The summed E-state index contributed by atoms with van der Waals surface area (Å²) in [5.74, 6) is -0.308. The van der Waals surface area contributed by atoms with Crippen molar-refractivity contribution >= 4 is 5.91 Å². The molecule has 0 saturated carbocycles. The highest BCUT2D eigenvalue weighted by molar-refractivity contribution is 5.82. The van der Waals surface area contributed by atoms with E-state index in [1.54, 1.807) is 11.0 Å². The zero-order chi connectivity index (χ0) is 19.9. The Morgan fingerprint density at radius 2 is 2.14 bits per heavy atom. The Balaban J connectivity index is 1.64. The topological polar surface area (TPSA) is 78.4 Å². The number of rotatable bonds is 3. The Labute approximate surface area is 166 Å². The van der Waals surface area contributed by atoms with E-state index in [0.717, 1.165) is 13.0 Å². The quantitative estimate of drug-likeness (QED) is 0.856. The second-order valence-electron chi connectivity index (χ2n) is 8.83. The molecule has 6 nitrogen and oxygen atoms in total.